The molecule has 10 heteroatoms. The summed E-state index contributed by atoms with van der Waals surface area (Å²) >= 11 is 0. The minimum atomic E-state index is -0.989. The van der Waals surface area contributed by atoms with Crippen LogP contribution in [0, 0.1) is 11.6 Å². The molecule has 1 aromatic carbocycles. The molecule has 2 aromatic heterocycles. The molecule has 2 aliphatic rings. The van der Waals surface area contributed by atoms with Crippen LogP contribution >= 0.6 is 0 Å². The van der Waals surface area contributed by atoms with Gasteiger partial charge in [0.15, 0.2) is 17.5 Å². The van der Waals surface area contributed by atoms with E-state index in [4.69, 9.17) is 4.74 Å². The molecular formula is C23H24F2N6O2. The van der Waals surface area contributed by atoms with Gasteiger partial charge in [-0.25, -0.2) is 28.5 Å². The number of pyridine rings is 1. The van der Waals surface area contributed by atoms with Crippen molar-refractivity contribution >= 4 is 34.4 Å². The monoisotopic (exact) mass is 454 g/mol. The number of benzene rings is 1. The predicted molar refractivity (Wildman–Crippen MR) is 119 cm³/mol. The fraction of sp³-hybridized carbons (Fsp3) is 0.391. The fourth-order valence-electron chi connectivity index (χ4n) is 4.22. The zero-order valence-corrected chi connectivity index (χ0v) is 18.6. The van der Waals surface area contributed by atoms with Gasteiger partial charge in [-0.15, -0.1) is 0 Å². The molecule has 0 bridgehead atoms. The summed E-state index contributed by atoms with van der Waals surface area (Å²) in [6.45, 7) is 7.51. The second-order valence-corrected chi connectivity index (χ2v) is 9.45. The van der Waals surface area contributed by atoms with E-state index < -0.39 is 17.2 Å². The first kappa shape index (κ1) is 21.3. The van der Waals surface area contributed by atoms with Crippen molar-refractivity contribution in [2.75, 3.05) is 29.9 Å². The molecule has 2 saturated heterocycles. The number of likely N-dealkylation sites (tertiary alicyclic amines) is 1. The predicted octanol–water partition coefficient (Wildman–Crippen LogP) is 4.25. The number of amides is 1. The standard InChI is InChI=1S/C23H24F2N6O2/c1-22(2,3)33-21(32)31-10-9-23(31)11-30(12-23)17-8-7-16-19(29-17)20(27-13-26-16)28-15-6-4-5-14(24)18(15)25/h4-8,13H,9-12H2,1-3H3,(H,26,27,28). The van der Waals surface area contributed by atoms with Crippen molar-refractivity contribution in [3.8, 4) is 0 Å². The Morgan fingerprint density at radius 2 is 1.94 bits per heavy atom. The minimum Gasteiger partial charge on any atom is -0.444 e. The quantitative estimate of drug-likeness (QED) is 0.634. The first-order valence-corrected chi connectivity index (χ1v) is 10.7. The van der Waals surface area contributed by atoms with E-state index in [-0.39, 0.29) is 23.1 Å². The molecular weight excluding hydrogens is 430 g/mol. The maximum Gasteiger partial charge on any atom is 0.410 e. The number of hydrogen-bond acceptors (Lipinski definition) is 7. The summed E-state index contributed by atoms with van der Waals surface area (Å²) in [5.41, 5.74) is 0.201. The van der Waals surface area contributed by atoms with Gasteiger partial charge in [-0.3, -0.25) is 4.90 Å². The third-order valence-corrected chi connectivity index (χ3v) is 5.95. The van der Waals surface area contributed by atoms with Crippen LogP contribution in [0.4, 0.5) is 30.9 Å². The Bertz CT molecular complexity index is 1240. The van der Waals surface area contributed by atoms with Crippen molar-refractivity contribution in [3.63, 3.8) is 0 Å². The number of nitrogens with one attached hydrogen (secondary N) is 1. The average molecular weight is 454 g/mol. The Kier molecular flexibility index (Phi) is 4.84. The number of hydrogen-bond donors (Lipinski definition) is 1. The molecule has 33 heavy (non-hydrogen) atoms. The van der Waals surface area contributed by atoms with Crippen LogP contribution in [0.3, 0.4) is 0 Å². The number of halogens is 2. The number of anilines is 3. The maximum atomic E-state index is 14.1. The lowest BCUT2D eigenvalue weighted by atomic mass is 9.78. The summed E-state index contributed by atoms with van der Waals surface area (Å²) in [7, 11) is 0. The van der Waals surface area contributed by atoms with Crippen LogP contribution in [0.5, 0.6) is 0 Å². The van der Waals surface area contributed by atoms with Gasteiger partial charge in [0.05, 0.1) is 16.7 Å². The van der Waals surface area contributed by atoms with Crippen LogP contribution in [0.2, 0.25) is 0 Å². The average Bonchev–Trinajstić information content (AvgIpc) is 2.68. The third kappa shape index (κ3) is 3.79. The first-order valence-electron chi connectivity index (χ1n) is 10.7. The zero-order chi connectivity index (χ0) is 23.4. The number of carbonyl (C=O) groups excluding carboxylic acids is 1. The topological polar surface area (TPSA) is 83.5 Å². The molecule has 0 saturated carbocycles. The molecule has 5 rings (SSSR count). The van der Waals surface area contributed by atoms with Crippen LogP contribution in [-0.4, -0.2) is 56.7 Å². The summed E-state index contributed by atoms with van der Waals surface area (Å²) < 4.78 is 33.3. The number of carbonyl (C=O) groups is 1. The third-order valence-electron chi connectivity index (χ3n) is 5.95. The van der Waals surface area contributed by atoms with E-state index in [9.17, 15) is 13.6 Å². The van der Waals surface area contributed by atoms with Gasteiger partial charge in [-0.05, 0) is 51.5 Å². The summed E-state index contributed by atoms with van der Waals surface area (Å²) in [4.78, 5) is 29.5. The Balaban J connectivity index is 1.36. The van der Waals surface area contributed by atoms with Gasteiger partial charge in [0.1, 0.15) is 23.3 Å². The molecule has 1 amide bonds. The number of rotatable bonds is 3. The van der Waals surface area contributed by atoms with Crippen molar-refractivity contribution in [2.24, 2.45) is 0 Å². The Hall–Kier alpha value is -3.56. The van der Waals surface area contributed by atoms with E-state index in [1.807, 2.05) is 32.9 Å². The lowest BCUT2D eigenvalue weighted by molar-refractivity contribution is -0.0562. The zero-order valence-electron chi connectivity index (χ0n) is 18.6. The van der Waals surface area contributed by atoms with E-state index in [0.717, 1.165) is 12.5 Å². The van der Waals surface area contributed by atoms with Gasteiger partial charge in [0.2, 0.25) is 0 Å². The van der Waals surface area contributed by atoms with Gasteiger partial charge in [-0.1, -0.05) is 6.07 Å². The van der Waals surface area contributed by atoms with Crippen LogP contribution in [-0.2, 0) is 4.74 Å². The molecule has 1 spiro atoms. The van der Waals surface area contributed by atoms with Crippen LogP contribution in [0.1, 0.15) is 27.2 Å². The van der Waals surface area contributed by atoms with Gasteiger partial charge in [0, 0.05) is 19.6 Å². The Morgan fingerprint density at radius 3 is 2.64 bits per heavy atom. The SMILES string of the molecule is CC(C)(C)OC(=O)N1CCC12CN(c1ccc3ncnc(Nc4cccc(F)c4F)c3n1)C2. The van der Waals surface area contributed by atoms with E-state index in [1.54, 1.807) is 4.90 Å². The minimum absolute atomic E-state index is 0.0347. The number of nitrogens with zero attached hydrogens (tertiary/aromatic N) is 5. The molecule has 2 aliphatic heterocycles. The largest absolute Gasteiger partial charge is 0.444 e. The first-order chi connectivity index (χ1) is 15.7. The number of fused-ring (bicyclic) bond motifs is 1. The van der Waals surface area contributed by atoms with E-state index >= 15 is 0 Å². The summed E-state index contributed by atoms with van der Waals surface area (Å²) in [5, 5.41) is 2.82. The molecule has 0 unspecified atom stereocenters. The van der Waals surface area contributed by atoms with Gasteiger partial charge in [-0.2, -0.15) is 0 Å². The molecule has 172 valence electrons. The molecule has 4 heterocycles. The molecule has 8 nitrogen and oxygen atoms in total. The normalized spacial score (nSPS) is 17.0. The summed E-state index contributed by atoms with van der Waals surface area (Å²) in [6.07, 6.45) is 1.96. The molecule has 0 atom stereocenters. The fourth-order valence-corrected chi connectivity index (χ4v) is 4.22. The van der Waals surface area contributed by atoms with Gasteiger partial charge >= 0.3 is 6.09 Å². The second kappa shape index (κ2) is 7.50. The molecule has 3 aromatic rings. The van der Waals surface area contributed by atoms with Crippen molar-refractivity contribution in [2.45, 2.75) is 38.3 Å². The van der Waals surface area contributed by atoms with E-state index in [2.05, 4.69) is 25.2 Å². The van der Waals surface area contributed by atoms with Crippen molar-refractivity contribution < 1.29 is 18.3 Å². The summed E-state index contributed by atoms with van der Waals surface area (Å²) in [5.74, 6) is -0.965. The highest BCUT2D eigenvalue weighted by molar-refractivity contribution is 5.88. The molecule has 2 fully saturated rings. The lowest BCUT2D eigenvalue weighted by Gasteiger charge is -2.62. The van der Waals surface area contributed by atoms with E-state index in [0.29, 0.717) is 36.5 Å². The number of aromatic nitrogens is 3. The van der Waals surface area contributed by atoms with Crippen molar-refractivity contribution in [1.29, 1.82) is 0 Å². The molecule has 1 N–H and O–H groups in total. The Morgan fingerprint density at radius 1 is 1.15 bits per heavy atom. The van der Waals surface area contributed by atoms with Gasteiger partial charge < -0.3 is 15.0 Å². The van der Waals surface area contributed by atoms with Gasteiger partial charge in [0.25, 0.3) is 0 Å². The molecule has 0 aliphatic carbocycles. The highest BCUT2D eigenvalue weighted by Gasteiger charge is 2.56. The van der Waals surface area contributed by atoms with Crippen LogP contribution in [0.15, 0.2) is 36.7 Å². The van der Waals surface area contributed by atoms with Crippen molar-refractivity contribution in [1.82, 2.24) is 19.9 Å². The summed E-state index contributed by atoms with van der Waals surface area (Å²) in [6, 6.07) is 7.56. The maximum absolute atomic E-state index is 14.1. The smallest absolute Gasteiger partial charge is 0.410 e. The highest BCUT2D eigenvalue weighted by Crippen LogP contribution is 2.42. The number of ether oxygens (including phenoxy) is 1. The molecule has 0 radical (unpaired) electrons. The Labute approximate surface area is 189 Å². The second-order valence-electron chi connectivity index (χ2n) is 9.45. The van der Waals surface area contributed by atoms with Crippen molar-refractivity contribution in [3.05, 3.63) is 48.3 Å². The van der Waals surface area contributed by atoms with Crippen LogP contribution in [0.25, 0.3) is 11.0 Å². The highest BCUT2D eigenvalue weighted by atomic mass is 19.2. The van der Waals surface area contributed by atoms with Crippen LogP contribution < -0.4 is 10.2 Å². The lowest BCUT2D eigenvalue weighted by Crippen LogP contribution is -2.78. The van der Waals surface area contributed by atoms with E-state index in [1.165, 1.54) is 18.5 Å².